The molecule has 0 spiro atoms. The minimum atomic E-state index is -0.520. The predicted octanol–water partition coefficient (Wildman–Crippen LogP) is 0.389. The Hall–Kier alpha value is -2.29. The Balaban J connectivity index is 1.71. The molecule has 8 nitrogen and oxygen atoms in total. The summed E-state index contributed by atoms with van der Waals surface area (Å²) in [5.41, 5.74) is 0.500. The lowest BCUT2D eigenvalue weighted by molar-refractivity contribution is -0.0562. The minimum Gasteiger partial charge on any atom is -0.379 e. The maximum absolute atomic E-state index is 12.6. The lowest BCUT2D eigenvalue weighted by Gasteiger charge is -2.32. The highest BCUT2D eigenvalue weighted by Crippen LogP contribution is 2.13. The van der Waals surface area contributed by atoms with Gasteiger partial charge in [0.1, 0.15) is 0 Å². The van der Waals surface area contributed by atoms with Crippen molar-refractivity contribution in [3.63, 3.8) is 0 Å². The number of nitrogens with zero attached hydrogens (tertiary/aromatic N) is 2. The number of hydrogen-bond donors (Lipinski definition) is 2. The van der Waals surface area contributed by atoms with Crippen LogP contribution in [0.1, 0.15) is 16.9 Å². The van der Waals surface area contributed by atoms with E-state index in [0.717, 1.165) is 6.54 Å². The van der Waals surface area contributed by atoms with Crippen molar-refractivity contribution >= 4 is 16.9 Å². The fourth-order valence-corrected chi connectivity index (χ4v) is 2.86. The van der Waals surface area contributed by atoms with E-state index in [1.165, 1.54) is 0 Å². The van der Waals surface area contributed by atoms with E-state index in [4.69, 9.17) is 9.47 Å². The van der Waals surface area contributed by atoms with Gasteiger partial charge in [0.05, 0.1) is 36.4 Å². The molecule has 0 radical (unpaired) electrons. The Morgan fingerprint density at radius 3 is 3.04 bits per heavy atom. The number of aromatic nitrogens is 2. The van der Waals surface area contributed by atoms with Gasteiger partial charge >= 0.3 is 0 Å². The lowest BCUT2D eigenvalue weighted by Crippen LogP contribution is -2.51. The van der Waals surface area contributed by atoms with Crippen LogP contribution in [0.4, 0.5) is 0 Å². The number of hydrogen-bond acceptors (Lipinski definition) is 6. The Morgan fingerprint density at radius 2 is 2.23 bits per heavy atom. The van der Waals surface area contributed by atoms with Gasteiger partial charge in [-0.3, -0.25) is 9.59 Å². The van der Waals surface area contributed by atoms with Crippen molar-refractivity contribution in [2.45, 2.75) is 18.6 Å². The van der Waals surface area contributed by atoms with Gasteiger partial charge in [-0.1, -0.05) is 12.1 Å². The highest BCUT2D eigenvalue weighted by molar-refractivity contribution is 5.93. The molecule has 1 aromatic carbocycles. The Bertz CT molecular complexity index is 820. The number of carbonyl (C=O) groups excluding carboxylic acids is 1. The molecule has 26 heavy (non-hydrogen) atoms. The normalized spacial score (nSPS) is 20.4. The molecule has 8 heteroatoms. The molecular formula is C18H24N4O4. The van der Waals surface area contributed by atoms with Crippen LogP contribution in [0.15, 0.2) is 29.1 Å². The number of benzene rings is 1. The minimum absolute atomic E-state index is 0.146. The maximum Gasteiger partial charge on any atom is 0.280 e. The summed E-state index contributed by atoms with van der Waals surface area (Å²) in [5.74, 6) is -0.520. The number of para-hydroxylation sites is 2. The second-order valence-electron chi connectivity index (χ2n) is 6.59. The van der Waals surface area contributed by atoms with Gasteiger partial charge in [-0.2, -0.15) is 0 Å². The fraction of sp³-hybridized carbons (Fsp3) is 0.500. The van der Waals surface area contributed by atoms with Crippen LogP contribution in [0.5, 0.6) is 0 Å². The smallest absolute Gasteiger partial charge is 0.280 e. The van der Waals surface area contributed by atoms with Gasteiger partial charge in [-0.05, 0) is 32.6 Å². The summed E-state index contributed by atoms with van der Waals surface area (Å²) < 4.78 is 11.4. The van der Waals surface area contributed by atoms with Crippen molar-refractivity contribution in [3.05, 3.63) is 40.3 Å². The van der Waals surface area contributed by atoms with E-state index in [1.54, 1.807) is 24.3 Å². The SMILES string of the molecule is CN(C)CCO[C@@H]1CCOC[C@@H]1NC(=O)c1nc2ccccc2[nH]c1=O. The number of H-pyrrole nitrogens is 1. The highest BCUT2D eigenvalue weighted by atomic mass is 16.5. The number of fused-ring (bicyclic) bond motifs is 1. The molecular weight excluding hydrogens is 336 g/mol. The van der Waals surface area contributed by atoms with E-state index in [-0.39, 0.29) is 17.8 Å². The number of aromatic amines is 1. The zero-order valence-electron chi connectivity index (χ0n) is 15.0. The zero-order valence-corrected chi connectivity index (χ0v) is 15.0. The van der Waals surface area contributed by atoms with Crippen LogP contribution >= 0.6 is 0 Å². The van der Waals surface area contributed by atoms with Crippen molar-refractivity contribution in [1.29, 1.82) is 0 Å². The van der Waals surface area contributed by atoms with Gasteiger partial charge in [0.25, 0.3) is 11.5 Å². The molecule has 1 amide bonds. The summed E-state index contributed by atoms with van der Waals surface area (Å²) in [6, 6.07) is 6.79. The quantitative estimate of drug-likeness (QED) is 0.774. The average molecular weight is 360 g/mol. The summed E-state index contributed by atoms with van der Waals surface area (Å²) in [5, 5.41) is 2.84. The Kier molecular flexibility index (Phi) is 5.97. The number of likely N-dealkylation sites (N-methyl/N-ethyl adjacent to an activating group) is 1. The van der Waals surface area contributed by atoms with Crippen LogP contribution < -0.4 is 10.9 Å². The molecule has 1 aromatic heterocycles. The molecule has 0 unspecified atom stereocenters. The molecule has 1 fully saturated rings. The van der Waals surface area contributed by atoms with Crippen molar-refractivity contribution in [1.82, 2.24) is 20.2 Å². The summed E-state index contributed by atoms with van der Waals surface area (Å²) >= 11 is 0. The van der Waals surface area contributed by atoms with Crippen LogP contribution in [0.3, 0.4) is 0 Å². The monoisotopic (exact) mass is 360 g/mol. The number of ether oxygens (including phenoxy) is 2. The molecule has 2 aromatic rings. The van der Waals surface area contributed by atoms with E-state index < -0.39 is 11.5 Å². The van der Waals surface area contributed by atoms with Crippen molar-refractivity contribution in [3.8, 4) is 0 Å². The molecule has 140 valence electrons. The van der Waals surface area contributed by atoms with E-state index in [1.807, 2.05) is 19.0 Å². The van der Waals surface area contributed by atoms with Crippen molar-refractivity contribution in [2.75, 3.05) is 40.5 Å². The Morgan fingerprint density at radius 1 is 1.42 bits per heavy atom. The first-order valence-corrected chi connectivity index (χ1v) is 8.68. The van der Waals surface area contributed by atoms with Crippen LogP contribution in [-0.2, 0) is 9.47 Å². The molecule has 3 rings (SSSR count). The van der Waals surface area contributed by atoms with Gasteiger partial charge in [-0.25, -0.2) is 4.98 Å². The third-order valence-corrected chi connectivity index (χ3v) is 4.29. The first-order valence-electron chi connectivity index (χ1n) is 8.68. The van der Waals surface area contributed by atoms with Crippen molar-refractivity contribution < 1.29 is 14.3 Å². The summed E-state index contributed by atoms with van der Waals surface area (Å²) in [4.78, 5) is 33.7. The second kappa shape index (κ2) is 8.39. The number of carbonyl (C=O) groups is 1. The van der Waals surface area contributed by atoms with E-state index in [2.05, 4.69) is 15.3 Å². The van der Waals surface area contributed by atoms with Gasteiger partial charge in [0.2, 0.25) is 0 Å². The third-order valence-electron chi connectivity index (χ3n) is 4.29. The van der Waals surface area contributed by atoms with Crippen LogP contribution in [0.25, 0.3) is 11.0 Å². The van der Waals surface area contributed by atoms with E-state index in [0.29, 0.717) is 37.3 Å². The average Bonchev–Trinajstić information content (AvgIpc) is 2.62. The molecule has 0 saturated carbocycles. The van der Waals surface area contributed by atoms with Gasteiger partial charge in [0, 0.05) is 13.2 Å². The summed E-state index contributed by atoms with van der Waals surface area (Å²) in [6.07, 6.45) is 0.548. The fourth-order valence-electron chi connectivity index (χ4n) is 2.86. The molecule has 0 aliphatic carbocycles. The summed E-state index contributed by atoms with van der Waals surface area (Å²) in [6.45, 7) is 2.31. The largest absolute Gasteiger partial charge is 0.379 e. The third kappa shape index (κ3) is 4.46. The van der Waals surface area contributed by atoms with E-state index in [9.17, 15) is 9.59 Å². The van der Waals surface area contributed by atoms with Crippen LogP contribution in [0, 0.1) is 0 Å². The van der Waals surface area contributed by atoms with Gasteiger partial charge in [0.15, 0.2) is 5.69 Å². The van der Waals surface area contributed by atoms with Gasteiger partial charge in [-0.15, -0.1) is 0 Å². The van der Waals surface area contributed by atoms with Gasteiger partial charge < -0.3 is 24.7 Å². The molecule has 1 aliphatic heterocycles. The molecule has 2 N–H and O–H groups in total. The number of rotatable bonds is 6. The topological polar surface area (TPSA) is 96.6 Å². The maximum atomic E-state index is 12.6. The van der Waals surface area contributed by atoms with Crippen LogP contribution in [-0.4, -0.2) is 73.4 Å². The number of nitrogens with one attached hydrogen (secondary N) is 2. The molecule has 2 atom stereocenters. The zero-order chi connectivity index (χ0) is 18.5. The summed E-state index contributed by atoms with van der Waals surface area (Å²) in [7, 11) is 3.95. The van der Waals surface area contributed by atoms with E-state index >= 15 is 0 Å². The van der Waals surface area contributed by atoms with Crippen molar-refractivity contribution in [2.24, 2.45) is 0 Å². The first-order chi connectivity index (χ1) is 12.5. The predicted molar refractivity (Wildman–Crippen MR) is 97.3 cm³/mol. The second-order valence-corrected chi connectivity index (χ2v) is 6.59. The molecule has 1 aliphatic rings. The molecule has 2 heterocycles. The number of amides is 1. The lowest BCUT2D eigenvalue weighted by atomic mass is 10.1. The standard InChI is InChI=1S/C18H24N4O4/c1-22(2)8-10-26-15-7-9-25-11-14(15)21-18(24)16-17(23)20-13-6-4-3-5-12(13)19-16/h3-6,14-15H,7-11H2,1-2H3,(H,20,23)(H,21,24)/t14-,15+/m0/s1. The molecule has 1 saturated heterocycles. The first kappa shape index (κ1) is 18.5. The van der Waals surface area contributed by atoms with Crippen LogP contribution in [0.2, 0.25) is 0 Å². The molecule has 0 bridgehead atoms. The highest BCUT2D eigenvalue weighted by Gasteiger charge is 2.29. The Labute approximate surface area is 151 Å².